The third-order valence-corrected chi connectivity index (χ3v) is 18.9. The van der Waals surface area contributed by atoms with Crippen molar-refractivity contribution < 1.29 is 80.2 Å². The lowest BCUT2D eigenvalue weighted by atomic mass is 9.99. The zero-order valence-corrected chi connectivity index (χ0v) is 61.1. The fraction of sp³-hybridized carbons (Fsp3) is 0.944. The van der Waals surface area contributed by atoms with E-state index in [2.05, 4.69) is 48.5 Å². The zero-order valence-electron chi connectivity index (χ0n) is 59.3. The normalized spacial score (nSPS) is 14.5. The highest BCUT2D eigenvalue weighted by Gasteiger charge is 2.30. The third-order valence-electron chi connectivity index (χ3n) is 17.0. The molecule has 0 aliphatic carbocycles. The maximum absolute atomic E-state index is 13.0. The van der Waals surface area contributed by atoms with Gasteiger partial charge in [-0.25, -0.2) is 9.13 Å². The van der Waals surface area contributed by atoms with Crippen LogP contribution in [0, 0.1) is 17.8 Å². The van der Waals surface area contributed by atoms with Crippen LogP contribution in [-0.2, 0) is 65.4 Å². The van der Waals surface area contributed by atoms with Gasteiger partial charge in [0.25, 0.3) is 0 Å². The van der Waals surface area contributed by atoms with E-state index in [-0.39, 0.29) is 25.7 Å². The second kappa shape index (κ2) is 62.8. The van der Waals surface area contributed by atoms with E-state index in [0.29, 0.717) is 25.7 Å². The summed E-state index contributed by atoms with van der Waals surface area (Å²) in [5.74, 6) is 0.137. The van der Waals surface area contributed by atoms with Crippen LogP contribution >= 0.6 is 15.6 Å². The van der Waals surface area contributed by atoms with E-state index in [1.165, 1.54) is 173 Å². The Kier molecular flexibility index (Phi) is 61.5. The fourth-order valence-electron chi connectivity index (χ4n) is 10.9. The zero-order chi connectivity index (χ0) is 67.3. The van der Waals surface area contributed by atoms with Gasteiger partial charge in [-0.05, 0) is 43.4 Å². The molecule has 0 spiro atoms. The van der Waals surface area contributed by atoms with Crippen LogP contribution < -0.4 is 0 Å². The van der Waals surface area contributed by atoms with Gasteiger partial charge < -0.3 is 33.8 Å². The van der Waals surface area contributed by atoms with Crippen LogP contribution in [0.2, 0.25) is 0 Å². The Bertz CT molecular complexity index is 1790. The standard InChI is InChI=1S/C72H140O17P2/c1-8-10-11-12-13-14-15-16-17-20-23-32-39-46-53-69(74)82-59-67(88-71(76)55-48-41-34-24-21-18-19-22-29-36-43-50-63(3)4)61-86-90(78,79)84-57-66(73)58-85-91(80,81)87-62-68(60-83-70(75)54-47-40-33-27-25-30-37-44-51-64(5)6)89-72(77)56-49-42-35-28-26-31-38-45-52-65(7)9-2/h63-68,73H,8-62H2,1-7H3,(H,78,79)(H,80,81)/t65?,66-,67-,68-/m1/s1. The van der Waals surface area contributed by atoms with Crippen molar-refractivity contribution in [3.63, 3.8) is 0 Å². The lowest BCUT2D eigenvalue weighted by Crippen LogP contribution is -2.30. The smallest absolute Gasteiger partial charge is 0.462 e. The number of carbonyl (C=O) groups is 4. The highest BCUT2D eigenvalue weighted by molar-refractivity contribution is 7.47. The molecule has 0 aromatic rings. The van der Waals surface area contributed by atoms with E-state index in [9.17, 15) is 43.2 Å². The van der Waals surface area contributed by atoms with E-state index in [0.717, 1.165) is 108 Å². The first-order chi connectivity index (χ1) is 43.8. The molecule has 0 saturated heterocycles. The molecule has 3 N–H and O–H groups in total. The van der Waals surface area contributed by atoms with E-state index in [1.54, 1.807) is 0 Å². The Hall–Kier alpha value is -1.94. The van der Waals surface area contributed by atoms with Crippen molar-refractivity contribution in [3.8, 4) is 0 Å². The minimum Gasteiger partial charge on any atom is -0.462 e. The van der Waals surface area contributed by atoms with Crippen LogP contribution in [0.25, 0.3) is 0 Å². The van der Waals surface area contributed by atoms with Crippen molar-refractivity contribution in [2.24, 2.45) is 17.8 Å². The number of phosphoric acid groups is 2. The van der Waals surface area contributed by atoms with Crippen molar-refractivity contribution in [1.82, 2.24) is 0 Å². The van der Waals surface area contributed by atoms with Crippen molar-refractivity contribution in [2.75, 3.05) is 39.6 Å². The quantitative estimate of drug-likeness (QED) is 0.0222. The number of aliphatic hydroxyl groups excluding tert-OH is 1. The molecule has 0 bridgehead atoms. The molecule has 540 valence electrons. The lowest BCUT2D eigenvalue weighted by Gasteiger charge is -2.21. The summed E-state index contributed by atoms with van der Waals surface area (Å²) >= 11 is 0. The molecule has 17 nitrogen and oxygen atoms in total. The molecule has 0 aromatic carbocycles. The molecule has 91 heavy (non-hydrogen) atoms. The van der Waals surface area contributed by atoms with Crippen LogP contribution in [0.4, 0.5) is 0 Å². The van der Waals surface area contributed by atoms with Gasteiger partial charge in [-0.15, -0.1) is 0 Å². The third kappa shape index (κ3) is 65.1. The average molecular weight is 1340 g/mol. The summed E-state index contributed by atoms with van der Waals surface area (Å²) in [5, 5.41) is 10.6. The molecular formula is C72H140O17P2. The second-order valence-corrected chi connectivity index (χ2v) is 30.1. The van der Waals surface area contributed by atoms with Crippen molar-refractivity contribution >= 4 is 39.5 Å². The van der Waals surface area contributed by atoms with Crippen LogP contribution in [-0.4, -0.2) is 96.7 Å². The van der Waals surface area contributed by atoms with Crippen LogP contribution in [0.5, 0.6) is 0 Å². The van der Waals surface area contributed by atoms with Gasteiger partial charge in [-0.2, -0.15) is 0 Å². The minimum atomic E-state index is -4.95. The first-order valence-electron chi connectivity index (χ1n) is 37.4. The number of aliphatic hydroxyl groups is 1. The summed E-state index contributed by atoms with van der Waals surface area (Å²) in [6.45, 7) is 11.8. The Morgan fingerprint density at radius 1 is 0.319 bits per heavy atom. The van der Waals surface area contributed by atoms with E-state index >= 15 is 0 Å². The van der Waals surface area contributed by atoms with Crippen molar-refractivity contribution in [2.45, 2.75) is 381 Å². The lowest BCUT2D eigenvalue weighted by molar-refractivity contribution is -0.161. The Labute approximate surface area is 556 Å². The number of rotatable bonds is 70. The molecule has 0 rings (SSSR count). The molecule has 0 heterocycles. The van der Waals surface area contributed by atoms with Crippen molar-refractivity contribution in [3.05, 3.63) is 0 Å². The molecule has 0 saturated carbocycles. The molecular weight excluding hydrogens is 1200 g/mol. The van der Waals surface area contributed by atoms with E-state index in [4.69, 9.17) is 37.0 Å². The maximum Gasteiger partial charge on any atom is 0.472 e. The van der Waals surface area contributed by atoms with Crippen molar-refractivity contribution in [1.29, 1.82) is 0 Å². The highest BCUT2D eigenvalue weighted by Crippen LogP contribution is 2.45. The summed E-state index contributed by atoms with van der Waals surface area (Å²) in [6, 6.07) is 0. The van der Waals surface area contributed by atoms with Crippen LogP contribution in [0.1, 0.15) is 363 Å². The molecule has 6 atom stereocenters. The second-order valence-electron chi connectivity index (χ2n) is 27.2. The number of hydrogen-bond donors (Lipinski definition) is 3. The van der Waals surface area contributed by atoms with Gasteiger partial charge in [0.1, 0.15) is 19.3 Å². The van der Waals surface area contributed by atoms with Gasteiger partial charge in [0, 0.05) is 25.7 Å². The summed E-state index contributed by atoms with van der Waals surface area (Å²) in [6.07, 6.45) is 47.1. The average Bonchev–Trinajstić information content (AvgIpc) is 3.43. The number of hydrogen-bond acceptors (Lipinski definition) is 15. The van der Waals surface area contributed by atoms with Gasteiger partial charge in [-0.3, -0.25) is 37.3 Å². The van der Waals surface area contributed by atoms with E-state index < -0.39 is 97.5 Å². The van der Waals surface area contributed by atoms with Crippen LogP contribution in [0.15, 0.2) is 0 Å². The summed E-state index contributed by atoms with van der Waals surface area (Å²) in [7, 11) is -9.91. The first-order valence-corrected chi connectivity index (χ1v) is 40.4. The summed E-state index contributed by atoms with van der Waals surface area (Å²) in [5.41, 5.74) is 0. The predicted molar refractivity (Wildman–Crippen MR) is 368 cm³/mol. The van der Waals surface area contributed by atoms with Gasteiger partial charge in [0.05, 0.1) is 26.4 Å². The maximum atomic E-state index is 13.0. The fourth-order valence-corrected chi connectivity index (χ4v) is 12.4. The van der Waals surface area contributed by atoms with Crippen LogP contribution in [0.3, 0.4) is 0 Å². The molecule has 0 aliphatic heterocycles. The molecule has 19 heteroatoms. The number of unbranched alkanes of at least 4 members (excludes halogenated alkanes) is 37. The molecule has 0 radical (unpaired) electrons. The SMILES string of the molecule is CCCCCCCCCCCCCCCCC(=O)OC[C@H](COP(=O)(O)OC[C@@H](O)COP(=O)(O)OC[C@@H](COC(=O)CCCCCCCCCCC(C)C)OC(=O)CCCCCCCCCCC(C)CC)OC(=O)CCCCCCCCCCCCCC(C)C. The predicted octanol–water partition coefficient (Wildman–Crippen LogP) is 20.6. The van der Waals surface area contributed by atoms with E-state index in [1.807, 2.05) is 0 Å². The van der Waals surface area contributed by atoms with Gasteiger partial charge >= 0.3 is 39.5 Å². The number of carbonyl (C=O) groups excluding carboxylic acids is 4. The topological polar surface area (TPSA) is 237 Å². The molecule has 0 aromatic heterocycles. The summed E-state index contributed by atoms with van der Waals surface area (Å²) < 4.78 is 68.4. The van der Waals surface area contributed by atoms with Gasteiger partial charge in [0.15, 0.2) is 12.2 Å². The monoisotopic (exact) mass is 1340 g/mol. The largest absolute Gasteiger partial charge is 0.472 e. The Balaban J connectivity index is 5.27. The van der Waals surface area contributed by atoms with Gasteiger partial charge in [0.2, 0.25) is 0 Å². The number of phosphoric ester groups is 2. The van der Waals surface area contributed by atoms with Gasteiger partial charge in [-0.1, -0.05) is 312 Å². The first kappa shape index (κ1) is 89.1. The Morgan fingerprint density at radius 2 is 0.560 bits per heavy atom. The number of ether oxygens (including phenoxy) is 4. The minimum absolute atomic E-state index is 0.104. The number of esters is 4. The molecule has 0 aliphatic rings. The molecule has 0 fully saturated rings. The summed E-state index contributed by atoms with van der Waals surface area (Å²) in [4.78, 5) is 72.7. The molecule has 3 unspecified atom stereocenters. The molecule has 0 amide bonds. The highest BCUT2D eigenvalue weighted by atomic mass is 31.2. The Morgan fingerprint density at radius 3 is 0.835 bits per heavy atom.